The van der Waals surface area contributed by atoms with Crippen LogP contribution in [0.2, 0.25) is 0 Å². The van der Waals surface area contributed by atoms with Gasteiger partial charge in [0.1, 0.15) is 0 Å². The van der Waals surface area contributed by atoms with Gasteiger partial charge in [-0.3, -0.25) is 10.3 Å². The highest BCUT2D eigenvalue weighted by Gasteiger charge is 2.41. The monoisotopic (exact) mass is 280 g/mol. The van der Waals surface area contributed by atoms with Crippen LogP contribution in [0.4, 0.5) is 0 Å². The summed E-state index contributed by atoms with van der Waals surface area (Å²) in [4.78, 5) is 5.73. The molecule has 0 saturated heterocycles. The quantitative estimate of drug-likeness (QED) is 0.856. The molecule has 2 fully saturated rings. The van der Waals surface area contributed by atoms with Gasteiger partial charge in [-0.1, -0.05) is 12.1 Å². The van der Waals surface area contributed by atoms with Crippen LogP contribution in [-0.2, 0) is 11.4 Å². The van der Waals surface area contributed by atoms with E-state index in [-0.39, 0.29) is 0 Å². The first-order chi connectivity index (χ1) is 10.3. The van der Waals surface area contributed by atoms with E-state index in [9.17, 15) is 0 Å². The Morgan fingerprint density at radius 3 is 2.43 bits per heavy atom. The smallest absolute Gasteiger partial charge is 0.0996 e. The average Bonchev–Trinajstić information content (AvgIpc) is 2.50. The molecule has 5 rings (SSSR count). The number of allylic oxidation sites excluding steroid dienone is 2. The molecule has 3 nitrogen and oxygen atoms in total. The molecule has 0 aromatic heterocycles. The highest BCUT2D eigenvalue weighted by atomic mass is 16.6. The predicted molar refractivity (Wildman–Crippen MR) is 79.7 cm³/mol. The minimum absolute atomic E-state index is 0.544. The van der Waals surface area contributed by atoms with E-state index in [1.54, 1.807) is 5.57 Å². The first kappa shape index (κ1) is 12.9. The highest BCUT2D eigenvalue weighted by molar-refractivity contribution is 5.31. The van der Waals surface area contributed by atoms with E-state index in [2.05, 4.69) is 11.5 Å². The normalized spacial score (nSPS) is 29.6. The van der Waals surface area contributed by atoms with E-state index in [1.807, 2.05) is 24.3 Å². The van der Waals surface area contributed by atoms with Crippen LogP contribution in [0.25, 0.3) is 0 Å². The SMILES string of the molecule is N#Cc1ccc(CONC2=C3C[C@@H]4CC2C[C@H](C3)C4)cc1. The maximum absolute atomic E-state index is 8.79. The molecular formula is C18H20N2O. The van der Waals surface area contributed by atoms with Crippen molar-refractivity contribution in [1.82, 2.24) is 5.48 Å². The molecule has 4 aliphatic rings. The summed E-state index contributed by atoms with van der Waals surface area (Å²) < 4.78 is 0. The Morgan fingerprint density at radius 2 is 1.81 bits per heavy atom. The second-order valence-electron chi connectivity index (χ2n) is 6.76. The number of rotatable bonds is 4. The predicted octanol–water partition coefficient (Wildman–Crippen LogP) is 3.67. The first-order valence-electron chi connectivity index (χ1n) is 7.90. The topological polar surface area (TPSA) is 45.0 Å². The van der Waals surface area contributed by atoms with Crippen molar-refractivity contribution in [3.8, 4) is 6.07 Å². The summed E-state index contributed by atoms with van der Waals surface area (Å²) in [5, 5.41) is 8.79. The van der Waals surface area contributed by atoms with E-state index < -0.39 is 0 Å². The Balaban J connectivity index is 1.38. The van der Waals surface area contributed by atoms with E-state index in [0.717, 1.165) is 17.4 Å². The zero-order chi connectivity index (χ0) is 14.2. The molecule has 0 spiro atoms. The number of nitrogens with zero attached hydrogens (tertiary/aromatic N) is 1. The summed E-state index contributed by atoms with van der Waals surface area (Å²) >= 11 is 0. The van der Waals surface area contributed by atoms with Gasteiger partial charge in [0.15, 0.2) is 0 Å². The molecule has 21 heavy (non-hydrogen) atoms. The van der Waals surface area contributed by atoms with Crippen molar-refractivity contribution < 1.29 is 4.84 Å². The number of nitrogens with one attached hydrogen (secondary N) is 1. The van der Waals surface area contributed by atoms with Crippen molar-refractivity contribution in [2.24, 2.45) is 17.8 Å². The van der Waals surface area contributed by atoms with E-state index in [0.29, 0.717) is 18.1 Å². The fourth-order valence-corrected chi connectivity index (χ4v) is 4.45. The molecule has 2 saturated carbocycles. The van der Waals surface area contributed by atoms with Crippen LogP contribution in [0.3, 0.4) is 0 Å². The van der Waals surface area contributed by atoms with Crippen molar-refractivity contribution in [3.63, 3.8) is 0 Å². The first-order valence-corrected chi connectivity index (χ1v) is 7.90. The molecule has 4 bridgehead atoms. The number of hydroxylamine groups is 1. The van der Waals surface area contributed by atoms with Crippen LogP contribution in [0, 0.1) is 29.1 Å². The van der Waals surface area contributed by atoms with Gasteiger partial charge in [-0.15, -0.1) is 0 Å². The van der Waals surface area contributed by atoms with Gasteiger partial charge in [0.2, 0.25) is 0 Å². The van der Waals surface area contributed by atoms with Crippen molar-refractivity contribution >= 4 is 0 Å². The van der Waals surface area contributed by atoms with Gasteiger partial charge >= 0.3 is 0 Å². The molecule has 1 aromatic rings. The fourth-order valence-electron chi connectivity index (χ4n) is 4.45. The van der Waals surface area contributed by atoms with Gasteiger partial charge < -0.3 is 0 Å². The molecule has 0 amide bonds. The Hall–Kier alpha value is -1.79. The number of hydrogen-bond donors (Lipinski definition) is 1. The van der Waals surface area contributed by atoms with Gasteiger partial charge in [-0.2, -0.15) is 5.26 Å². The second-order valence-corrected chi connectivity index (χ2v) is 6.76. The van der Waals surface area contributed by atoms with Gasteiger partial charge in [0, 0.05) is 11.6 Å². The van der Waals surface area contributed by atoms with Crippen molar-refractivity contribution in [2.45, 2.75) is 38.7 Å². The summed E-state index contributed by atoms with van der Waals surface area (Å²) in [6.07, 6.45) is 6.73. The summed E-state index contributed by atoms with van der Waals surface area (Å²) in [7, 11) is 0. The molecule has 0 heterocycles. The molecule has 1 N–H and O–H groups in total. The standard InChI is InChI=1S/C18H20N2O/c19-10-12-1-3-13(4-2-12)11-21-20-18-16-6-14-5-15(8-16)9-17(18)7-14/h1-4,14-16,20H,5-9,11H2/t14-,15+,16?. The zero-order valence-electron chi connectivity index (χ0n) is 12.1. The Morgan fingerprint density at radius 1 is 1.10 bits per heavy atom. The molecule has 0 aliphatic heterocycles. The average molecular weight is 280 g/mol. The second kappa shape index (κ2) is 5.20. The number of hydrogen-bond acceptors (Lipinski definition) is 3. The van der Waals surface area contributed by atoms with Crippen molar-refractivity contribution in [1.29, 1.82) is 5.26 Å². The Labute approximate surface area is 125 Å². The van der Waals surface area contributed by atoms with Gasteiger partial charge in [-0.25, -0.2) is 0 Å². The van der Waals surface area contributed by atoms with Crippen molar-refractivity contribution in [3.05, 3.63) is 46.7 Å². The third-order valence-corrected chi connectivity index (χ3v) is 5.27. The minimum atomic E-state index is 0.544. The molecule has 108 valence electrons. The third kappa shape index (κ3) is 2.45. The molecule has 3 atom stereocenters. The van der Waals surface area contributed by atoms with Gasteiger partial charge in [0.25, 0.3) is 0 Å². The van der Waals surface area contributed by atoms with E-state index in [4.69, 9.17) is 10.1 Å². The van der Waals surface area contributed by atoms with Crippen LogP contribution in [0.5, 0.6) is 0 Å². The van der Waals surface area contributed by atoms with Crippen LogP contribution in [-0.4, -0.2) is 0 Å². The number of benzene rings is 1. The molecule has 1 aromatic carbocycles. The Kier molecular flexibility index (Phi) is 3.20. The summed E-state index contributed by atoms with van der Waals surface area (Å²) in [5.74, 6) is 2.61. The van der Waals surface area contributed by atoms with Crippen LogP contribution in [0.1, 0.15) is 43.2 Å². The maximum Gasteiger partial charge on any atom is 0.0996 e. The zero-order valence-corrected chi connectivity index (χ0v) is 12.1. The van der Waals surface area contributed by atoms with Crippen LogP contribution < -0.4 is 5.48 Å². The summed E-state index contributed by atoms with van der Waals surface area (Å²) in [5.41, 5.74) is 8.05. The molecule has 4 aliphatic carbocycles. The van der Waals surface area contributed by atoms with Crippen LogP contribution in [0.15, 0.2) is 35.5 Å². The summed E-state index contributed by atoms with van der Waals surface area (Å²) in [6.45, 7) is 0.544. The minimum Gasteiger partial charge on any atom is -0.272 e. The highest BCUT2D eigenvalue weighted by Crippen LogP contribution is 2.52. The van der Waals surface area contributed by atoms with E-state index in [1.165, 1.54) is 37.8 Å². The molecule has 0 radical (unpaired) electrons. The lowest BCUT2D eigenvalue weighted by atomic mass is 9.60. The lowest BCUT2D eigenvalue weighted by Crippen LogP contribution is -2.39. The molecular weight excluding hydrogens is 260 g/mol. The largest absolute Gasteiger partial charge is 0.272 e. The summed E-state index contributed by atoms with van der Waals surface area (Å²) in [6, 6.07) is 9.71. The third-order valence-electron chi connectivity index (χ3n) is 5.27. The van der Waals surface area contributed by atoms with Crippen molar-refractivity contribution in [2.75, 3.05) is 0 Å². The fraction of sp³-hybridized carbons (Fsp3) is 0.500. The lowest BCUT2D eigenvalue weighted by molar-refractivity contribution is 0.0238. The molecule has 1 unspecified atom stereocenters. The number of nitriles is 1. The maximum atomic E-state index is 8.79. The Bertz CT molecular complexity index is 595. The van der Waals surface area contributed by atoms with Crippen LogP contribution >= 0.6 is 0 Å². The molecule has 3 heteroatoms. The van der Waals surface area contributed by atoms with Gasteiger partial charge in [-0.05, 0) is 67.2 Å². The van der Waals surface area contributed by atoms with E-state index >= 15 is 0 Å². The van der Waals surface area contributed by atoms with Gasteiger partial charge in [0.05, 0.1) is 18.2 Å². The lowest BCUT2D eigenvalue weighted by Gasteiger charge is -2.47.